The number of rotatable bonds is 4. The van der Waals surface area contributed by atoms with Crippen LogP contribution in [0.4, 0.5) is 0 Å². The van der Waals surface area contributed by atoms with Gasteiger partial charge in [0.05, 0.1) is 18.2 Å². The molecule has 2 amide bonds. The lowest BCUT2D eigenvalue weighted by Crippen LogP contribution is -2.41. The molecule has 5 rings (SSSR count). The minimum Gasteiger partial charge on any atom is -0.369 e. The van der Waals surface area contributed by atoms with Gasteiger partial charge in [-0.1, -0.05) is 17.7 Å². The highest BCUT2D eigenvalue weighted by molar-refractivity contribution is 6.30. The molecule has 1 aromatic carbocycles. The van der Waals surface area contributed by atoms with Crippen LogP contribution in [-0.4, -0.2) is 48.1 Å². The Bertz CT molecular complexity index is 765. The van der Waals surface area contributed by atoms with E-state index >= 15 is 0 Å². The summed E-state index contributed by atoms with van der Waals surface area (Å²) in [7, 11) is 0. The molecule has 4 aliphatic rings. The maximum Gasteiger partial charge on any atom is 0.251 e. The molecule has 6 heteroatoms. The molecule has 3 heterocycles. The minimum atomic E-state index is -0.166. The summed E-state index contributed by atoms with van der Waals surface area (Å²) >= 11 is 5.98. The molecule has 138 valence electrons. The number of carbonyl (C=O) groups is 2. The highest BCUT2D eigenvalue weighted by Crippen LogP contribution is 2.55. The van der Waals surface area contributed by atoms with E-state index in [1.54, 1.807) is 24.3 Å². The third-order valence-electron chi connectivity index (χ3n) is 6.61. The molecule has 4 atom stereocenters. The van der Waals surface area contributed by atoms with E-state index in [-0.39, 0.29) is 29.4 Å². The summed E-state index contributed by atoms with van der Waals surface area (Å²) in [5, 5.41) is 3.62. The van der Waals surface area contributed by atoms with Crippen LogP contribution < -0.4 is 5.32 Å². The van der Waals surface area contributed by atoms with Crippen molar-refractivity contribution in [2.75, 3.05) is 19.6 Å². The number of nitrogens with zero attached hydrogens (tertiary/aromatic N) is 1. The summed E-state index contributed by atoms with van der Waals surface area (Å²) < 4.78 is 6.37. The van der Waals surface area contributed by atoms with E-state index in [1.165, 1.54) is 0 Å². The third kappa shape index (κ3) is 2.64. The average Bonchev–Trinajstić information content (AvgIpc) is 3.21. The number of carbonyl (C=O) groups excluding carboxylic acids is 2. The Hall–Kier alpha value is -1.59. The zero-order valence-electron chi connectivity index (χ0n) is 14.6. The van der Waals surface area contributed by atoms with E-state index in [2.05, 4.69) is 5.32 Å². The quantitative estimate of drug-likeness (QED) is 0.880. The molecule has 4 fully saturated rings. The Balaban J connectivity index is 1.26. The fourth-order valence-corrected chi connectivity index (χ4v) is 5.35. The monoisotopic (exact) mass is 374 g/mol. The fourth-order valence-electron chi connectivity index (χ4n) is 5.16. The van der Waals surface area contributed by atoms with Gasteiger partial charge in [0, 0.05) is 41.4 Å². The molecule has 2 bridgehead atoms. The van der Waals surface area contributed by atoms with Crippen LogP contribution in [0.3, 0.4) is 0 Å². The van der Waals surface area contributed by atoms with Gasteiger partial charge in [-0.05, 0) is 43.9 Å². The maximum absolute atomic E-state index is 12.5. The lowest BCUT2D eigenvalue weighted by atomic mass is 9.73. The number of fused-ring (bicyclic) bond motifs is 1. The predicted octanol–water partition coefficient (Wildman–Crippen LogP) is 2.49. The van der Waals surface area contributed by atoms with E-state index in [0.717, 1.165) is 38.8 Å². The number of ether oxygens (including phenoxy) is 1. The van der Waals surface area contributed by atoms with Crippen molar-refractivity contribution in [1.82, 2.24) is 10.2 Å². The molecular weight excluding hydrogens is 352 g/mol. The van der Waals surface area contributed by atoms with Crippen LogP contribution in [0, 0.1) is 17.8 Å². The third-order valence-corrected chi connectivity index (χ3v) is 6.84. The molecular formula is C20H23ClN2O3. The summed E-state index contributed by atoms with van der Waals surface area (Å²) in [5.74, 6) is 1.08. The first-order valence-corrected chi connectivity index (χ1v) is 9.94. The average molecular weight is 375 g/mol. The first-order valence-electron chi connectivity index (χ1n) is 9.56. The number of halogens is 1. The topological polar surface area (TPSA) is 58.6 Å². The number of nitrogens with one attached hydrogen (secondary N) is 1. The van der Waals surface area contributed by atoms with Crippen molar-refractivity contribution in [3.05, 3.63) is 34.9 Å². The SMILES string of the molecule is O=C(NC[C@H]1[C@H]2CN(C(=O)C3CC3)C[C@]23CC[C@H]1O3)c1cccc(Cl)c1. The Morgan fingerprint density at radius 1 is 1.31 bits per heavy atom. The number of amides is 2. The van der Waals surface area contributed by atoms with Gasteiger partial charge in [-0.2, -0.15) is 0 Å². The van der Waals surface area contributed by atoms with Gasteiger partial charge in [0.15, 0.2) is 0 Å². The molecule has 1 spiro atoms. The van der Waals surface area contributed by atoms with Gasteiger partial charge >= 0.3 is 0 Å². The number of likely N-dealkylation sites (tertiary alicyclic amines) is 1. The summed E-state index contributed by atoms with van der Waals surface area (Å²) in [6.07, 6.45) is 4.35. The standard InChI is InChI=1S/C20H23ClN2O3/c21-14-3-1-2-13(8-14)18(24)22-9-15-16-10-23(19(25)12-4-5-12)11-20(16)7-6-17(15)26-20/h1-3,8,12,15-17H,4-7,9-11H2,(H,22,24)/t15-,16+,17+,20+/m0/s1. The molecule has 5 nitrogen and oxygen atoms in total. The summed E-state index contributed by atoms with van der Waals surface area (Å²) in [6, 6.07) is 6.99. The highest BCUT2D eigenvalue weighted by atomic mass is 35.5. The second-order valence-electron chi connectivity index (χ2n) is 8.24. The van der Waals surface area contributed by atoms with Gasteiger partial charge in [0.25, 0.3) is 5.91 Å². The molecule has 0 aromatic heterocycles. The van der Waals surface area contributed by atoms with Gasteiger partial charge < -0.3 is 15.0 Å². The Kier molecular flexibility index (Phi) is 3.80. The lowest BCUT2D eigenvalue weighted by molar-refractivity contribution is -0.133. The van der Waals surface area contributed by atoms with Crippen LogP contribution in [0.2, 0.25) is 5.02 Å². The van der Waals surface area contributed by atoms with E-state index in [4.69, 9.17) is 16.3 Å². The van der Waals surface area contributed by atoms with Crippen LogP contribution in [0.5, 0.6) is 0 Å². The fraction of sp³-hybridized carbons (Fsp3) is 0.600. The Morgan fingerprint density at radius 2 is 2.15 bits per heavy atom. The first kappa shape index (κ1) is 16.6. The number of hydrogen-bond donors (Lipinski definition) is 1. The van der Waals surface area contributed by atoms with E-state index in [1.807, 2.05) is 4.90 Å². The highest BCUT2D eigenvalue weighted by Gasteiger charge is 2.63. The normalized spacial score (nSPS) is 34.8. The minimum absolute atomic E-state index is 0.103. The summed E-state index contributed by atoms with van der Waals surface area (Å²) in [5.41, 5.74) is 0.411. The smallest absolute Gasteiger partial charge is 0.251 e. The summed E-state index contributed by atoms with van der Waals surface area (Å²) in [6.45, 7) is 2.11. The molecule has 1 aliphatic carbocycles. The van der Waals surface area contributed by atoms with Gasteiger partial charge in [-0.3, -0.25) is 9.59 Å². The van der Waals surface area contributed by atoms with Crippen molar-refractivity contribution in [1.29, 1.82) is 0 Å². The van der Waals surface area contributed by atoms with Crippen molar-refractivity contribution >= 4 is 23.4 Å². The first-order chi connectivity index (χ1) is 12.6. The van der Waals surface area contributed by atoms with Crippen molar-refractivity contribution in [3.8, 4) is 0 Å². The molecule has 1 N–H and O–H groups in total. The van der Waals surface area contributed by atoms with Crippen LogP contribution in [0.15, 0.2) is 24.3 Å². The number of benzene rings is 1. The van der Waals surface area contributed by atoms with E-state index in [0.29, 0.717) is 29.0 Å². The predicted molar refractivity (Wildman–Crippen MR) is 96.9 cm³/mol. The summed E-state index contributed by atoms with van der Waals surface area (Å²) in [4.78, 5) is 27.0. The van der Waals surface area contributed by atoms with Crippen molar-refractivity contribution in [2.45, 2.75) is 37.4 Å². The van der Waals surface area contributed by atoms with Gasteiger partial charge in [0.2, 0.25) is 5.91 Å². The van der Waals surface area contributed by atoms with Crippen molar-refractivity contribution in [3.63, 3.8) is 0 Å². The largest absolute Gasteiger partial charge is 0.369 e. The zero-order chi connectivity index (χ0) is 17.9. The molecule has 0 radical (unpaired) electrons. The van der Waals surface area contributed by atoms with Crippen LogP contribution in [-0.2, 0) is 9.53 Å². The van der Waals surface area contributed by atoms with Gasteiger partial charge in [-0.15, -0.1) is 0 Å². The van der Waals surface area contributed by atoms with Crippen LogP contribution in [0.25, 0.3) is 0 Å². The molecule has 3 saturated heterocycles. The van der Waals surface area contributed by atoms with Crippen LogP contribution >= 0.6 is 11.6 Å². The lowest BCUT2D eigenvalue weighted by Gasteiger charge is -2.29. The Labute approximate surface area is 158 Å². The molecule has 1 aromatic rings. The van der Waals surface area contributed by atoms with Crippen LogP contribution in [0.1, 0.15) is 36.0 Å². The second kappa shape index (κ2) is 5.96. The maximum atomic E-state index is 12.5. The van der Waals surface area contributed by atoms with E-state index < -0.39 is 0 Å². The zero-order valence-corrected chi connectivity index (χ0v) is 15.4. The molecule has 0 unspecified atom stereocenters. The van der Waals surface area contributed by atoms with Crippen molar-refractivity contribution < 1.29 is 14.3 Å². The molecule has 3 aliphatic heterocycles. The second-order valence-corrected chi connectivity index (χ2v) is 8.68. The number of hydrogen-bond acceptors (Lipinski definition) is 3. The molecule has 26 heavy (non-hydrogen) atoms. The van der Waals surface area contributed by atoms with E-state index in [9.17, 15) is 9.59 Å². The van der Waals surface area contributed by atoms with Crippen molar-refractivity contribution in [2.24, 2.45) is 17.8 Å². The Morgan fingerprint density at radius 3 is 2.92 bits per heavy atom. The van der Waals surface area contributed by atoms with Gasteiger partial charge in [-0.25, -0.2) is 0 Å². The molecule has 1 saturated carbocycles. The van der Waals surface area contributed by atoms with Gasteiger partial charge in [0.1, 0.15) is 0 Å².